The van der Waals surface area contributed by atoms with Crippen molar-refractivity contribution in [3.05, 3.63) is 64.9 Å². The Labute approximate surface area is 172 Å². The molecule has 4 heterocycles. The lowest BCUT2D eigenvalue weighted by Gasteiger charge is -2.10. The molecule has 30 heavy (non-hydrogen) atoms. The second-order valence-corrected chi connectivity index (χ2v) is 7.89. The fraction of sp³-hybridized carbons (Fsp3) is 0.286. The zero-order valence-electron chi connectivity index (χ0n) is 17.0. The number of ether oxygens (including phenoxy) is 1. The van der Waals surface area contributed by atoms with Crippen LogP contribution in [0.5, 0.6) is 11.5 Å². The molecular weight excluding hydrogens is 382 g/mol. The van der Waals surface area contributed by atoms with Crippen molar-refractivity contribution in [2.24, 2.45) is 7.05 Å². The van der Waals surface area contributed by atoms with Crippen LogP contribution < -0.4 is 10.4 Å². The summed E-state index contributed by atoms with van der Waals surface area (Å²) in [5.74, 6) is 2.41. The zero-order valence-corrected chi connectivity index (χ0v) is 17.0. The summed E-state index contributed by atoms with van der Waals surface area (Å²) in [7, 11) is 1.86. The molecule has 1 saturated carbocycles. The molecule has 4 aromatic rings. The Morgan fingerprint density at radius 2 is 2.07 bits per heavy atom. The maximum absolute atomic E-state index is 12.3. The molecule has 0 amide bonds. The van der Waals surface area contributed by atoms with Gasteiger partial charge in [-0.3, -0.25) is 14.6 Å². The van der Waals surface area contributed by atoms with Crippen molar-refractivity contribution in [1.82, 2.24) is 34.5 Å². The van der Waals surface area contributed by atoms with E-state index in [1.54, 1.807) is 35.3 Å². The predicted molar refractivity (Wildman–Crippen MR) is 110 cm³/mol. The molecule has 1 aliphatic rings. The van der Waals surface area contributed by atoms with E-state index < -0.39 is 0 Å². The van der Waals surface area contributed by atoms with E-state index in [0.29, 0.717) is 28.8 Å². The molecule has 5 rings (SSSR count). The Balaban J connectivity index is 1.41. The van der Waals surface area contributed by atoms with Crippen LogP contribution >= 0.6 is 0 Å². The molecule has 0 spiro atoms. The monoisotopic (exact) mass is 403 g/mol. The molecule has 0 aliphatic heterocycles. The third-order valence-electron chi connectivity index (χ3n) is 5.39. The number of aromatic amines is 1. The van der Waals surface area contributed by atoms with E-state index in [1.807, 2.05) is 26.2 Å². The molecular formula is C21H21N7O2. The number of hydrogen-bond donors (Lipinski definition) is 1. The van der Waals surface area contributed by atoms with Crippen LogP contribution in [0.2, 0.25) is 0 Å². The molecule has 0 saturated heterocycles. The van der Waals surface area contributed by atoms with E-state index in [9.17, 15) is 4.79 Å². The topological polar surface area (TPSA) is 104 Å². The number of nitrogens with one attached hydrogen (secondary N) is 1. The van der Waals surface area contributed by atoms with Gasteiger partial charge in [0.1, 0.15) is 17.3 Å². The van der Waals surface area contributed by atoms with Crippen molar-refractivity contribution < 1.29 is 4.74 Å². The van der Waals surface area contributed by atoms with Crippen molar-refractivity contribution in [2.75, 3.05) is 0 Å². The van der Waals surface area contributed by atoms with Crippen LogP contribution in [0.15, 0.2) is 47.7 Å². The van der Waals surface area contributed by atoms with Crippen LogP contribution in [0, 0.1) is 6.92 Å². The minimum absolute atomic E-state index is 0.0180. The van der Waals surface area contributed by atoms with Gasteiger partial charge in [0.25, 0.3) is 0 Å². The quantitative estimate of drug-likeness (QED) is 0.550. The van der Waals surface area contributed by atoms with E-state index in [0.717, 1.165) is 24.1 Å². The summed E-state index contributed by atoms with van der Waals surface area (Å²) in [6.07, 6.45) is 7.41. The minimum atomic E-state index is -0.283. The van der Waals surface area contributed by atoms with Gasteiger partial charge in [-0.15, -0.1) is 5.10 Å². The molecule has 0 atom stereocenters. The highest BCUT2D eigenvalue weighted by molar-refractivity contribution is 5.58. The SMILES string of the molecule is Cc1nc(-n2nc(C3(C)CC3)[nH]c2=O)ccc1Oc1ccnc(-c2cnn(C)c2)c1. The Morgan fingerprint density at radius 3 is 2.77 bits per heavy atom. The lowest BCUT2D eigenvalue weighted by Crippen LogP contribution is -2.17. The first-order valence-electron chi connectivity index (χ1n) is 9.72. The summed E-state index contributed by atoms with van der Waals surface area (Å²) >= 11 is 0. The van der Waals surface area contributed by atoms with E-state index in [-0.39, 0.29) is 11.1 Å². The normalized spacial score (nSPS) is 14.6. The van der Waals surface area contributed by atoms with Crippen molar-refractivity contribution in [2.45, 2.75) is 32.1 Å². The first-order valence-corrected chi connectivity index (χ1v) is 9.72. The summed E-state index contributed by atoms with van der Waals surface area (Å²) in [6.45, 7) is 3.93. The van der Waals surface area contributed by atoms with Gasteiger partial charge in [0.05, 0.1) is 17.6 Å². The number of rotatable bonds is 5. The molecule has 1 N–H and O–H groups in total. The van der Waals surface area contributed by atoms with Gasteiger partial charge in [0.15, 0.2) is 5.82 Å². The number of nitrogens with zero attached hydrogens (tertiary/aromatic N) is 6. The lowest BCUT2D eigenvalue weighted by molar-refractivity contribution is 0.474. The lowest BCUT2D eigenvalue weighted by atomic mass is 10.1. The van der Waals surface area contributed by atoms with E-state index >= 15 is 0 Å². The summed E-state index contributed by atoms with van der Waals surface area (Å²) in [5.41, 5.74) is 2.03. The smallest absolute Gasteiger partial charge is 0.349 e. The summed E-state index contributed by atoms with van der Waals surface area (Å²) < 4.78 is 9.06. The highest BCUT2D eigenvalue weighted by Gasteiger charge is 2.42. The van der Waals surface area contributed by atoms with Gasteiger partial charge >= 0.3 is 5.69 Å². The Morgan fingerprint density at radius 1 is 1.23 bits per heavy atom. The van der Waals surface area contributed by atoms with Crippen molar-refractivity contribution in [1.29, 1.82) is 0 Å². The maximum Gasteiger partial charge on any atom is 0.349 e. The average molecular weight is 403 g/mol. The predicted octanol–water partition coefficient (Wildman–Crippen LogP) is 2.90. The standard InChI is InChI=1S/C21H21N7O2/c1-13-17(30-15-6-9-22-16(10-15)14-11-23-27(3)12-14)4-5-18(24-13)28-20(29)25-19(26-28)21(2)7-8-21/h4-6,9-12H,7-8H2,1-3H3,(H,25,26,29). The third kappa shape index (κ3) is 3.28. The van der Waals surface area contributed by atoms with Crippen LogP contribution in [0.3, 0.4) is 0 Å². The fourth-order valence-electron chi connectivity index (χ4n) is 3.25. The van der Waals surface area contributed by atoms with E-state index in [1.165, 1.54) is 4.68 Å². The Hall–Kier alpha value is -3.75. The van der Waals surface area contributed by atoms with Gasteiger partial charge in [-0.1, -0.05) is 6.92 Å². The minimum Gasteiger partial charge on any atom is -0.455 e. The average Bonchev–Trinajstić information content (AvgIpc) is 3.13. The third-order valence-corrected chi connectivity index (χ3v) is 5.39. The molecule has 1 fully saturated rings. The largest absolute Gasteiger partial charge is 0.455 e. The van der Waals surface area contributed by atoms with Crippen LogP contribution in [0.25, 0.3) is 17.1 Å². The van der Waals surface area contributed by atoms with Crippen LogP contribution in [0.1, 0.15) is 31.3 Å². The molecule has 9 heteroatoms. The van der Waals surface area contributed by atoms with Crippen molar-refractivity contribution in [3.63, 3.8) is 0 Å². The second-order valence-electron chi connectivity index (χ2n) is 7.89. The molecule has 152 valence electrons. The molecule has 1 aliphatic carbocycles. The van der Waals surface area contributed by atoms with Gasteiger partial charge in [-0.25, -0.2) is 9.78 Å². The van der Waals surface area contributed by atoms with Crippen LogP contribution in [0.4, 0.5) is 0 Å². The highest BCUT2D eigenvalue weighted by Crippen LogP contribution is 2.45. The molecule has 0 aromatic carbocycles. The molecule has 0 radical (unpaired) electrons. The van der Waals surface area contributed by atoms with E-state index in [4.69, 9.17) is 4.74 Å². The number of pyridine rings is 2. The molecule has 0 bridgehead atoms. The molecule has 0 unspecified atom stereocenters. The van der Waals surface area contributed by atoms with E-state index in [2.05, 4.69) is 32.1 Å². The van der Waals surface area contributed by atoms with Crippen LogP contribution in [-0.2, 0) is 12.5 Å². The number of H-pyrrole nitrogens is 1. The van der Waals surface area contributed by atoms with Crippen molar-refractivity contribution >= 4 is 0 Å². The Kier molecular flexibility index (Phi) is 4.05. The summed E-state index contributed by atoms with van der Waals surface area (Å²) in [5, 5.41) is 8.62. The maximum atomic E-state index is 12.3. The Bertz CT molecular complexity index is 1300. The van der Waals surface area contributed by atoms with Gasteiger partial charge in [0.2, 0.25) is 0 Å². The number of aryl methyl sites for hydroxylation is 2. The van der Waals surface area contributed by atoms with Crippen molar-refractivity contribution in [3.8, 4) is 28.6 Å². The first kappa shape index (κ1) is 18.3. The summed E-state index contributed by atoms with van der Waals surface area (Å²) in [4.78, 5) is 24.1. The van der Waals surface area contributed by atoms with Gasteiger partial charge in [-0.05, 0) is 38.0 Å². The van der Waals surface area contributed by atoms with Gasteiger partial charge in [0, 0.05) is 36.5 Å². The zero-order chi connectivity index (χ0) is 20.9. The number of aromatic nitrogens is 7. The highest BCUT2D eigenvalue weighted by atomic mass is 16.5. The fourth-order valence-corrected chi connectivity index (χ4v) is 3.25. The van der Waals surface area contributed by atoms with Gasteiger partial charge in [-0.2, -0.15) is 9.78 Å². The molecule has 9 nitrogen and oxygen atoms in total. The van der Waals surface area contributed by atoms with Gasteiger partial charge < -0.3 is 4.74 Å². The second kappa shape index (κ2) is 6.65. The molecule has 4 aromatic heterocycles. The first-order chi connectivity index (χ1) is 14.4. The summed E-state index contributed by atoms with van der Waals surface area (Å²) in [6, 6.07) is 7.16. The number of hydrogen-bond acceptors (Lipinski definition) is 6. The van der Waals surface area contributed by atoms with Crippen LogP contribution in [-0.4, -0.2) is 34.5 Å².